The van der Waals surface area contributed by atoms with Crippen molar-refractivity contribution in [3.8, 4) is 17.2 Å². The molecule has 0 radical (unpaired) electrons. The predicted octanol–water partition coefficient (Wildman–Crippen LogP) is 3.84. The molecule has 0 aliphatic heterocycles. The summed E-state index contributed by atoms with van der Waals surface area (Å²) in [5.74, 6) is 1.21. The first-order valence-corrected chi connectivity index (χ1v) is 7.71. The van der Waals surface area contributed by atoms with Gasteiger partial charge in [-0.1, -0.05) is 13.0 Å². The van der Waals surface area contributed by atoms with Crippen LogP contribution in [0.25, 0.3) is 6.08 Å². The highest BCUT2D eigenvalue weighted by molar-refractivity contribution is 6.01. The van der Waals surface area contributed by atoms with E-state index >= 15 is 0 Å². The summed E-state index contributed by atoms with van der Waals surface area (Å²) in [6.45, 7) is 2.66. The monoisotopic (exact) mass is 327 g/mol. The van der Waals surface area contributed by atoms with Gasteiger partial charge in [-0.2, -0.15) is 0 Å². The van der Waals surface area contributed by atoms with Crippen molar-refractivity contribution in [1.82, 2.24) is 0 Å². The van der Waals surface area contributed by atoms with Gasteiger partial charge in [-0.25, -0.2) is 0 Å². The molecule has 2 rings (SSSR count). The van der Waals surface area contributed by atoms with Crippen molar-refractivity contribution in [2.45, 2.75) is 13.3 Å². The molecule has 0 spiro atoms. The third-order valence-corrected chi connectivity index (χ3v) is 3.21. The van der Waals surface area contributed by atoms with E-state index in [2.05, 4.69) is 5.32 Å². The zero-order chi connectivity index (χ0) is 17.4. The van der Waals surface area contributed by atoms with Crippen LogP contribution in [0.2, 0.25) is 0 Å². The summed E-state index contributed by atoms with van der Waals surface area (Å²) in [7, 11) is 1.58. The van der Waals surface area contributed by atoms with Crippen molar-refractivity contribution in [2.24, 2.45) is 0 Å². The molecule has 0 unspecified atom stereocenters. The first-order chi connectivity index (χ1) is 11.6. The molecular formula is C19H21NO4. The average Bonchev–Trinajstić information content (AvgIpc) is 2.60. The summed E-state index contributed by atoms with van der Waals surface area (Å²) < 4.78 is 10.9. The van der Waals surface area contributed by atoms with Gasteiger partial charge in [0, 0.05) is 11.8 Å². The van der Waals surface area contributed by atoms with Crippen molar-refractivity contribution in [1.29, 1.82) is 0 Å². The maximum absolute atomic E-state index is 11.9. The van der Waals surface area contributed by atoms with E-state index in [0.717, 1.165) is 12.0 Å². The van der Waals surface area contributed by atoms with E-state index in [0.29, 0.717) is 23.8 Å². The van der Waals surface area contributed by atoms with Crippen LogP contribution < -0.4 is 14.8 Å². The number of phenolic OH excluding ortho intramolecular Hbond substituents is 1. The predicted molar refractivity (Wildman–Crippen MR) is 94.6 cm³/mol. The molecule has 2 N–H and O–H groups in total. The lowest BCUT2D eigenvalue weighted by molar-refractivity contribution is -0.111. The maximum Gasteiger partial charge on any atom is 0.248 e. The number of aromatic hydroxyl groups is 1. The smallest absolute Gasteiger partial charge is 0.248 e. The standard InChI is InChI=1S/C19H21NO4/c1-3-12-24-17-10-4-14(13-18(17)23-2)5-11-19(22)20-15-6-8-16(21)9-7-15/h4-11,13,21H,3,12H2,1-2H3,(H,20,22)/b11-5+. The quantitative estimate of drug-likeness (QED) is 0.599. The number of carbonyl (C=O) groups excluding carboxylic acids is 1. The van der Waals surface area contributed by atoms with Crippen LogP contribution >= 0.6 is 0 Å². The van der Waals surface area contributed by atoms with Gasteiger partial charge in [-0.05, 0) is 54.5 Å². The minimum atomic E-state index is -0.258. The number of methoxy groups -OCH3 is 1. The Labute approximate surface area is 141 Å². The molecule has 5 heteroatoms. The highest BCUT2D eigenvalue weighted by Crippen LogP contribution is 2.28. The van der Waals surface area contributed by atoms with Gasteiger partial charge >= 0.3 is 0 Å². The molecule has 0 atom stereocenters. The molecule has 0 fully saturated rings. The zero-order valence-corrected chi connectivity index (χ0v) is 13.8. The number of phenols is 1. The fourth-order valence-corrected chi connectivity index (χ4v) is 2.02. The summed E-state index contributed by atoms with van der Waals surface area (Å²) >= 11 is 0. The topological polar surface area (TPSA) is 67.8 Å². The lowest BCUT2D eigenvalue weighted by Crippen LogP contribution is -2.07. The van der Waals surface area contributed by atoms with Crippen LogP contribution in [0.1, 0.15) is 18.9 Å². The molecular weight excluding hydrogens is 306 g/mol. The van der Waals surface area contributed by atoms with Gasteiger partial charge in [-0.15, -0.1) is 0 Å². The molecule has 1 amide bonds. The van der Waals surface area contributed by atoms with Gasteiger partial charge in [-0.3, -0.25) is 4.79 Å². The molecule has 24 heavy (non-hydrogen) atoms. The number of carbonyl (C=O) groups is 1. The summed E-state index contributed by atoms with van der Waals surface area (Å²) in [6, 6.07) is 11.8. The van der Waals surface area contributed by atoms with Crippen LogP contribution in [0.15, 0.2) is 48.5 Å². The van der Waals surface area contributed by atoms with Crippen LogP contribution in [0.4, 0.5) is 5.69 Å². The van der Waals surface area contributed by atoms with Crippen molar-refractivity contribution >= 4 is 17.7 Å². The van der Waals surface area contributed by atoms with Gasteiger partial charge in [0.1, 0.15) is 5.75 Å². The number of nitrogens with one attached hydrogen (secondary N) is 1. The van der Waals surface area contributed by atoms with E-state index in [9.17, 15) is 9.90 Å². The molecule has 2 aromatic carbocycles. The Morgan fingerprint density at radius 3 is 2.58 bits per heavy atom. The van der Waals surface area contributed by atoms with E-state index in [-0.39, 0.29) is 11.7 Å². The second-order valence-electron chi connectivity index (χ2n) is 5.13. The first-order valence-electron chi connectivity index (χ1n) is 7.71. The van der Waals surface area contributed by atoms with Gasteiger partial charge in [0.15, 0.2) is 11.5 Å². The normalized spacial score (nSPS) is 10.6. The number of hydrogen-bond donors (Lipinski definition) is 2. The van der Waals surface area contributed by atoms with Crippen molar-refractivity contribution in [3.05, 3.63) is 54.1 Å². The molecule has 0 saturated carbocycles. The lowest BCUT2D eigenvalue weighted by atomic mass is 10.2. The fourth-order valence-electron chi connectivity index (χ4n) is 2.02. The minimum Gasteiger partial charge on any atom is -0.508 e. The van der Waals surface area contributed by atoms with Crippen LogP contribution in [0, 0.1) is 0 Å². The van der Waals surface area contributed by atoms with Gasteiger partial charge in [0.25, 0.3) is 0 Å². The van der Waals surface area contributed by atoms with E-state index in [1.807, 2.05) is 25.1 Å². The molecule has 5 nitrogen and oxygen atoms in total. The average molecular weight is 327 g/mol. The van der Waals surface area contributed by atoms with Crippen molar-refractivity contribution < 1.29 is 19.4 Å². The Morgan fingerprint density at radius 1 is 1.17 bits per heavy atom. The third kappa shape index (κ3) is 5.05. The zero-order valence-electron chi connectivity index (χ0n) is 13.8. The summed E-state index contributed by atoms with van der Waals surface area (Å²) in [5, 5.41) is 11.9. The van der Waals surface area contributed by atoms with E-state index < -0.39 is 0 Å². The number of hydrogen-bond acceptors (Lipinski definition) is 4. The molecule has 0 aromatic heterocycles. The lowest BCUT2D eigenvalue weighted by Gasteiger charge is -2.10. The van der Waals surface area contributed by atoms with Gasteiger partial charge in [0.2, 0.25) is 5.91 Å². The minimum absolute atomic E-state index is 0.154. The molecule has 126 valence electrons. The largest absolute Gasteiger partial charge is 0.508 e. The second-order valence-corrected chi connectivity index (χ2v) is 5.13. The highest BCUT2D eigenvalue weighted by Gasteiger charge is 2.05. The van der Waals surface area contributed by atoms with Crippen LogP contribution in [0.3, 0.4) is 0 Å². The summed E-state index contributed by atoms with van der Waals surface area (Å²) in [5.41, 5.74) is 1.44. The second kappa shape index (κ2) is 8.62. The number of rotatable bonds is 7. The molecule has 2 aromatic rings. The number of amides is 1. The number of benzene rings is 2. The maximum atomic E-state index is 11.9. The third-order valence-electron chi connectivity index (χ3n) is 3.21. The Balaban J connectivity index is 2.02. The first kappa shape index (κ1) is 17.4. The molecule has 0 bridgehead atoms. The Morgan fingerprint density at radius 2 is 1.92 bits per heavy atom. The number of anilines is 1. The van der Waals surface area contributed by atoms with E-state index in [1.165, 1.54) is 18.2 Å². The molecule has 0 aliphatic rings. The summed E-state index contributed by atoms with van der Waals surface area (Å²) in [6.07, 6.45) is 4.05. The summed E-state index contributed by atoms with van der Waals surface area (Å²) in [4.78, 5) is 11.9. The van der Waals surface area contributed by atoms with Crippen molar-refractivity contribution in [3.63, 3.8) is 0 Å². The fraction of sp³-hybridized carbons (Fsp3) is 0.211. The van der Waals surface area contributed by atoms with E-state index in [4.69, 9.17) is 9.47 Å². The van der Waals surface area contributed by atoms with Gasteiger partial charge < -0.3 is 19.9 Å². The highest BCUT2D eigenvalue weighted by atomic mass is 16.5. The van der Waals surface area contributed by atoms with Crippen LogP contribution in [0.5, 0.6) is 17.2 Å². The van der Waals surface area contributed by atoms with Crippen LogP contribution in [-0.4, -0.2) is 24.7 Å². The Bertz CT molecular complexity index is 708. The molecule has 0 saturated heterocycles. The van der Waals surface area contributed by atoms with Crippen molar-refractivity contribution in [2.75, 3.05) is 19.0 Å². The molecule has 0 heterocycles. The van der Waals surface area contributed by atoms with E-state index in [1.54, 1.807) is 25.3 Å². The van der Waals surface area contributed by atoms with Gasteiger partial charge in [0.05, 0.1) is 13.7 Å². The number of ether oxygens (including phenoxy) is 2. The SMILES string of the molecule is CCCOc1ccc(/C=C/C(=O)Nc2ccc(O)cc2)cc1OC. The molecule has 0 aliphatic carbocycles. The Kier molecular flexibility index (Phi) is 6.25. The Hall–Kier alpha value is -2.95. The van der Waals surface area contributed by atoms with Crippen LogP contribution in [-0.2, 0) is 4.79 Å².